The van der Waals surface area contributed by atoms with Crippen LogP contribution in [0.1, 0.15) is 115 Å². The van der Waals surface area contributed by atoms with E-state index in [2.05, 4.69) is 25.6 Å². The van der Waals surface area contributed by atoms with Gasteiger partial charge < -0.3 is 4.74 Å². The van der Waals surface area contributed by atoms with E-state index in [0.29, 0.717) is 5.75 Å². The van der Waals surface area contributed by atoms with Gasteiger partial charge in [0.05, 0.1) is 5.92 Å². The predicted octanol–water partition coefficient (Wildman–Crippen LogP) is 9.32. The summed E-state index contributed by atoms with van der Waals surface area (Å²) in [5.41, 5.74) is 1.26. The first-order chi connectivity index (χ1) is 17.2. The summed E-state index contributed by atoms with van der Waals surface area (Å²) < 4.78 is 5.76. The summed E-state index contributed by atoms with van der Waals surface area (Å²) in [7, 11) is 0. The van der Waals surface area contributed by atoms with E-state index in [1.165, 1.54) is 89.0 Å². The first-order valence-corrected chi connectivity index (χ1v) is 15.1. The number of hydrogen-bond donors (Lipinski definition) is 0. The van der Waals surface area contributed by atoms with E-state index in [1.807, 2.05) is 18.2 Å². The molecular weight excluding hydrogens is 428 g/mol. The fourth-order valence-electron chi connectivity index (χ4n) is 7.59. The zero-order chi connectivity index (χ0) is 24.5. The van der Waals surface area contributed by atoms with Gasteiger partial charge in [-0.1, -0.05) is 63.7 Å². The minimum atomic E-state index is -0.0109. The summed E-state index contributed by atoms with van der Waals surface area (Å²) in [5.74, 6) is 5.57. The number of allylic oxidation sites excluding steroid dienone is 1. The minimum absolute atomic E-state index is 0.0109. The smallest absolute Gasteiger partial charge is 0.314 e. The molecule has 2 nitrogen and oxygen atoms in total. The molecule has 35 heavy (non-hydrogen) atoms. The predicted molar refractivity (Wildman–Crippen MR) is 146 cm³/mol. The molecule has 3 aliphatic carbocycles. The fraction of sp³-hybridized carbons (Fsp3) is 0.727. The van der Waals surface area contributed by atoms with Gasteiger partial charge in [0.15, 0.2) is 0 Å². The molecule has 3 aliphatic rings. The molecule has 0 saturated heterocycles. The van der Waals surface area contributed by atoms with Crippen molar-refractivity contribution in [3.05, 3.63) is 42.5 Å². The quantitative estimate of drug-likeness (QED) is 0.137. The Kier molecular flexibility index (Phi) is 10.3. The van der Waals surface area contributed by atoms with Crippen LogP contribution in [0.2, 0.25) is 0 Å². The van der Waals surface area contributed by atoms with Crippen LogP contribution in [0.5, 0.6) is 5.75 Å². The third-order valence-corrected chi connectivity index (χ3v) is 9.78. The molecule has 0 bridgehead atoms. The molecule has 0 spiro atoms. The summed E-state index contributed by atoms with van der Waals surface area (Å²) in [6, 6.07) is 8.03. The van der Waals surface area contributed by atoms with Crippen molar-refractivity contribution >= 4 is 5.97 Å². The number of benzene rings is 1. The Balaban J connectivity index is 1.16. The van der Waals surface area contributed by atoms with Crippen LogP contribution in [0.3, 0.4) is 0 Å². The van der Waals surface area contributed by atoms with Crippen molar-refractivity contribution in [1.82, 2.24) is 0 Å². The van der Waals surface area contributed by atoms with Crippen LogP contribution < -0.4 is 4.74 Å². The standard InChI is InChI=1S/C33H50O2/c1-3-5-7-8-10-26-11-14-31-24-30(20-19-29(31)23-26)27-15-17-28(18-16-27)33(34)35-32-21-12-25(13-22-32)9-6-4-2/h4,12-13,21-22,26-31H,2-3,5-11,14-20,23-24H2,1H3. The van der Waals surface area contributed by atoms with Gasteiger partial charge in [-0.25, -0.2) is 0 Å². The molecule has 3 fully saturated rings. The van der Waals surface area contributed by atoms with Gasteiger partial charge in [-0.2, -0.15) is 0 Å². The van der Waals surface area contributed by atoms with Crippen molar-refractivity contribution in [2.75, 3.05) is 0 Å². The van der Waals surface area contributed by atoms with E-state index >= 15 is 0 Å². The average molecular weight is 479 g/mol. The first-order valence-electron chi connectivity index (χ1n) is 15.1. The Hall–Kier alpha value is -1.57. The Morgan fingerprint density at radius 3 is 2.23 bits per heavy atom. The first kappa shape index (κ1) is 26.5. The Labute approximate surface area is 215 Å². The molecule has 194 valence electrons. The van der Waals surface area contributed by atoms with Gasteiger partial charge in [0, 0.05) is 0 Å². The number of fused-ring (bicyclic) bond motifs is 1. The molecule has 4 rings (SSSR count). The zero-order valence-electron chi connectivity index (χ0n) is 22.4. The average Bonchev–Trinajstić information content (AvgIpc) is 2.90. The molecule has 0 aromatic heterocycles. The third kappa shape index (κ3) is 7.70. The molecule has 1 aromatic rings. The Bertz CT molecular complexity index is 773. The Morgan fingerprint density at radius 1 is 0.857 bits per heavy atom. The van der Waals surface area contributed by atoms with Crippen LogP contribution in [0.25, 0.3) is 0 Å². The lowest BCUT2D eigenvalue weighted by molar-refractivity contribution is -0.140. The molecular formula is C33H50O2. The molecule has 0 radical (unpaired) electrons. The highest BCUT2D eigenvalue weighted by molar-refractivity contribution is 5.75. The highest BCUT2D eigenvalue weighted by atomic mass is 16.5. The summed E-state index contributed by atoms with van der Waals surface area (Å²) in [5, 5.41) is 0. The van der Waals surface area contributed by atoms with Crippen molar-refractivity contribution in [3.63, 3.8) is 0 Å². The number of esters is 1. The molecule has 4 atom stereocenters. The van der Waals surface area contributed by atoms with E-state index in [0.717, 1.165) is 55.3 Å². The second-order valence-corrected chi connectivity index (χ2v) is 12.1. The number of aryl methyl sites for hydroxylation is 1. The van der Waals surface area contributed by atoms with Crippen LogP contribution in [-0.4, -0.2) is 5.97 Å². The molecule has 0 N–H and O–H groups in total. The van der Waals surface area contributed by atoms with Crippen molar-refractivity contribution in [2.45, 2.75) is 116 Å². The molecule has 4 unspecified atom stereocenters. The van der Waals surface area contributed by atoms with Gasteiger partial charge in [-0.05, 0) is 118 Å². The van der Waals surface area contributed by atoms with Crippen LogP contribution in [0, 0.1) is 35.5 Å². The maximum atomic E-state index is 12.8. The lowest BCUT2D eigenvalue weighted by Crippen LogP contribution is -2.35. The molecule has 3 saturated carbocycles. The van der Waals surface area contributed by atoms with E-state index in [-0.39, 0.29) is 11.9 Å². The van der Waals surface area contributed by atoms with Crippen molar-refractivity contribution in [1.29, 1.82) is 0 Å². The second-order valence-electron chi connectivity index (χ2n) is 12.1. The molecule has 0 aliphatic heterocycles. The fourth-order valence-corrected chi connectivity index (χ4v) is 7.59. The SMILES string of the molecule is C=CCCc1ccc(OC(=O)C2CCC(C3CCC4CC(CCCCCC)CCC4C3)CC2)cc1. The molecule has 0 amide bonds. The van der Waals surface area contributed by atoms with Gasteiger partial charge in [0.2, 0.25) is 0 Å². The van der Waals surface area contributed by atoms with E-state index in [4.69, 9.17) is 4.74 Å². The number of unbranched alkanes of at least 4 members (excludes halogenated alkanes) is 3. The minimum Gasteiger partial charge on any atom is -0.426 e. The number of carbonyl (C=O) groups is 1. The number of hydrogen-bond acceptors (Lipinski definition) is 2. The summed E-state index contributed by atoms with van der Waals surface area (Å²) in [6.45, 7) is 6.10. The van der Waals surface area contributed by atoms with E-state index in [9.17, 15) is 4.79 Å². The number of ether oxygens (including phenoxy) is 1. The molecule has 1 aromatic carbocycles. The highest BCUT2D eigenvalue weighted by Crippen LogP contribution is 2.49. The van der Waals surface area contributed by atoms with Crippen LogP contribution >= 0.6 is 0 Å². The second kappa shape index (κ2) is 13.7. The summed E-state index contributed by atoms with van der Waals surface area (Å²) in [6.07, 6.45) is 24.5. The monoisotopic (exact) mass is 478 g/mol. The highest BCUT2D eigenvalue weighted by Gasteiger charge is 2.39. The summed E-state index contributed by atoms with van der Waals surface area (Å²) in [4.78, 5) is 12.8. The van der Waals surface area contributed by atoms with Crippen molar-refractivity contribution in [3.8, 4) is 5.75 Å². The normalized spacial score (nSPS) is 30.9. The van der Waals surface area contributed by atoms with Crippen LogP contribution in [-0.2, 0) is 11.2 Å². The van der Waals surface area contributed by atoms with E-state index < -0.39 is 0 Å². The van der Waals surface area contributed by atoms with Crippen molar-refractivity contribution in [2.24, 2.45) is 35.5 Å². The lowest BCUT2D eigenvalue weighted by atomic mass is 9.60. The number of rotatable bonds is 11. The lowest BCUT2D eigenvalue weighted by Gasteiger charge is -2.45. The van der Waals surface area contributed by atoms with Gasteiger partial charge >= 0.3 is 5.97 Å². The number of carbonyl (C=O) groups excluding carboxylic acids is 1. The molecule has 0 heterocycles. The van der Waals surface area contributed by atoms with Crippen molar-refractivity contribution < 1.29 is 9.53 Å². The largest absolute Gasteiger partial charge is 0.426 e. The van der Waals surface area contributed by atoms with Gasteiger partial charge in [-0.15, -0.1) is 6.58 Å². The Morgan fingerprint density at radius 2 is 1.51 bits per heavy atom. The maximum absolute atomic E-state index is 12.8. The van der Waals surface area contributed by atoms with Gasteiger partial charge in [0.1, 0.15) is 5.75 Å². The van der Waals surface area contributed by atoms with E-state index in [1.54, 1.807) is 0 Å². The maximum Gasteiger partial charge on any atom is 0.314 e. The van der Waals surface area contributed by atoms with Crippen LogP contribution in [0.4, 0.5) is 0 Å². The van der Waals surface area contributed by atoms with Gasteiger partial charge in [0.25, 0.3) is 0 Å². The summed E-state index contributed by atoms with van der Waals surface area (Å²) >= 11 is 0. The third-order valence-electron chi connectivity index (χ3n) is 9.78. The zero-order valence-corrected chi connectivity index (χ0v) is 22.4. The van der Waals surface area contributed by atoms with Crippen LogP contribution in [0.15, 0.2) is 36.9 Å². The molecule has 2 heteroatoms. The van der Waals surface area contributed by atoms with Gasteiger partial charge in [-0.3, -0.25) is 4.79 Å². The topological polar surface area (TPSA) is 26.3 Å².